The van der Waals surface area contributed by atoms with E-state index in [0.717, 1.165) is 12.5 Å². The highest BCUT2D eigenvalue weighted by atomic mass is 19.2. The van der Waals surface area contributed by atoms with Gasteiger partial charge in [-0.15, -0.1) is 0 Å². The van der Waals surface area contributed by atoms with Crippen LogP contribution in [0.25, 0.3) is 10.8 Å². The molecule has 1 fully saturated rings. The largest absolute Gasteiger partial charge is 0.385 e. The summed E-state index contributed by atoms with van der Waals surface area (Å²) in [4.78, 5) is 0. The number of fused-ring (bicyclic) bond motifs is 1. The van der Waals surface area contributed by atoms with Gasteiger partial charge in [0.1, 0.15) is 11.9 Å². The minimum atomic E-state index is -1.52. The predicted molar refractivity (Wildman–Crippen MR) is 111 cm³/mol. The van der Waals surface area contributed by atoms with Crippen LogP contribution >= 0.6 is 0 Å². The zero-order valence-corrected chi connectivity index (χ0v) is 17.3. The summed E-state index contributed by atoms with van der Waals surface area (Å²) in [5, 5.41) is 0.117. The summed E-state index contributed by atoms with van der Waals surface area (Å²) >= 11 is 0. The second kappa shape index (κ2) is 9.70. The van der Waals surface area contributed by atoms with E-state index in [2.05, 4.69) is 11.8 Å². The minimum Gasteiger partial charge on any atom is -0.385 e. The maximum absolute atomic E-state index is 14.6. The van der Waals surface area contributed by atoms with Crippen LogP contribution in [0.5, 0.6) is 0 Å². The molecule has 2 atom stereocenters. The summed E-state index contributed by atoms with van der Waals surface area (Å²) in [5.74, 6) is 0.940. The molecule has 3 aromatic carbocycles. The molecule has 4 rings (SSSR count). The molecule has 0 aliphatic carbocycles. The van der Waals surface area contributed by atoms with Crippen LogP contribution in [0.4, 0.5) is 17.6 Å². The van der Waals surface area contributed by atoms with E-state index in [0.29, 0.717) is 30.9 Å². The molecule has 0 spiro atoms. The summed E-state index contributed by atoms with van der Waals surface area (Å²) < 4.78 is 71.9. The van der Waals surface area contributed by atoms with Crippen molar-refractivity contribution in [1.82, 2.24) is 0 Å². The molecule has 0 unspecified atom stereocenters. The maximum Gasteiger partial charge on any atom is 0.195 e. The first-order chi connectivity index (χ1) is 15.5. The van der Waals surface area contributed by atoms with Gasteiger partial charge in [0.2, 0.25) is 0 Å². The fourth-order valence-corrected chi connectivity index (χ4v) is 3.51. The highest BCUT2D eigenvalue weighted by molar-refractivity contribution is 5.84. The third kappa shape index (κ3) is 4.78. The topological polar surface area (TPSA) is 27.7 Å². The van der Waals surface area contributed by atoms with Gasteiger partial charge in [-0.3, -0.25) is 0 Å². The molecule has 32 heavy (non-hydrogen) atoms. The molecular weight excluding hydrogens is 424 g/mol. The Bertz CT molecular complexity index is 1190. The summed E-state index contributed by atoms with van der Waals surface area (Å²) in [5.41, 5.74) is 1.23. The Morgan fingerprint density at radius 1 is 0.906 bits per heavy atom. The van der Waals surface area contributed by atoms with Crippen molar-refractivity contribution < 1.29 is 31.8 Å². The van der Waals surface area contributed by atoms with E-state index in [4.69, 9.17) is 14.2 Å². The normalized spacial score (nSPS) is 18.4. The number of halogens is 4. The Morgan fingerprint density at radius 3 is 2.47 bits per heavy atom. The average molecular weight is 444 g/mol. The average Bonchev–Trinajstić information content (AvgIpc) is 2.80. The summed E-state index contributed by atoms with van der Waals surface area (Å²) in [6, 6.07) is 9.75. The Balaban J connectivity index is 1.49. The van der Waals surface area contributed by atoms with Crippen molar-refractivity contribution in [2.24, 2.45) is 0 Å². The van der Waals surface area contributed by atoms with Gasteiger partial charge in [-0.25, -0.2) is 17.6 Å². The molecule has 1 aliphatic rings. The van der Waals surface area contributed by atoms with E-state index >= 15 is 0 Å². The molecule has 3 nitrogen and oxygen atoms in total. The van der Waals surface area contributed by atoms with E-state index in [9.17, 15) is 17.6 Å². The van der Waals surface area contributed by atoms with Crippen LogP contribution in [0, 0.1) is 35.1 Å². The molecule has 1 aliphatic heterocycles. The maximum atomic E-state index is 14.6. The molecule has 0 amide bonds. The Labute approximate surface area is 182 Å². The molecule has 166 valence electrons. The van der Waals surface area contributed by atoms with Crippen molar-refractivity contribution >= 4 is 10.8 Å². The minimum absolute atomic E-state index is 0.0402. The number of rotatable bonds is 4. The Hall–Kier alpha value is -2.92. The highest BCUT2D eigenvalue weighted by Crippen LogP contribution is 2.26. The van der Waals surface area contributed by atoms with Crippen molar-refractivity contribution in [3.63, 3.8) is 0 Å². The fraction of sp³-hybridized carbons (Fsp3) is 0.280. The van der Waals surface area contributed by atoms with E-state index < -0.39 is 23.3 Å². The van der Waals surface area contributed by atoms with Gasteiger partial charge in [0.15, 0.2) is 17.5 Å². The zero-order chi connectivity index (χ0) is 22.7. The smallest absolute Gasteiger partial charge is 0.195 e. The molecule has 0 N–H and O–H groups in total. The lowest BCUT2D eigenvalue weighted by Crippen LogP contribution is -2.32. The van der Waals surface area contributed by atoms with E-state index in [1.165, 1.54) is 24.3 Å². The SMILES string of the molecule is COCC[C@@H]1CO[C@@H](c2ccc(C#Cc3ccc4c(F)c(F)c(F)cc4c3)c(F)c2)CO1. The lowest BCUT2D eigenvalue weighted by molar-refractivity contribution is -0.140. The first-order valence-corrected chi connectivity index (χ1v) is 10.1. The fourth-order valence-electron chi connectivity index (χ4n) is 3.51. The molecule has 0 radical (unpaired) electrons. The Morgan fingerprint density at radius 2 is 1.75 bits per heavy atom. The van der Waals surface area contributed by atoms with Crippen LogP contribution in [-0.4, -0.2) is 33.0 Å². The van der Waals surface area contributed by atoms with Crippen molar-refractivity contribution in [3.8, 4) is 11.8 Å². The molecule has 1 heterocycles. The summed E-state index contributed by atoms with van der Waals surface area (Å²) in [6.45, 7) is 1.31. The van der Waals surface area contributed by atoms with Crippen LogP contribution < -0.4 is 0 Å². The molecule has 0 aromatic heterocycles. The van der Waals surface area contributed by atoms with Crippen molar-refractivity contribution in [1.29, 1.82) is 0 Å². The summed E-state index contributed by atoms with van der Waals surface area (Å²) in [7, 11) is 1.63. The van der Waals surface area contributed by atoms with Crippen LogP contribution in [-0.2, 0) is 14.2 Å². The molecule has 0 saturated carbocycles. The first-order valence-electron chi connectivity index (χ1n) is 10.1. The van der Waals surface area contributed by atoms with Gasteiger partial charge in [-0.2, -0.15) is 0 Å². The van der Waals surface area contributed by atoms with Gasteiger partial charge in [-0.1, -0.05) is 24.0 Å². The number of methoxy groups -OCH3 is 1. The van der Waals surface area contributed by atoms with Gasteiger partial charge in [0, 0.05) is 24.7 Å². The zero-order valence-electron chi connectivity index (χ0n) is 17.3. The van der Waals surface area contributed by atoms with Crippen LogP contribution in [0.3, 0.4) is 0 Å². The predicted octanol–water partition coefficient (Wildman–Crippen LogP) is 5.29. The molecular formula is C25H20F4O3. The van der Waals surface area contributed by atoms with E-state index in [-0.39, 0.29) is 28.5 Å². The quantitative estimate of drug-likeness (QED) is 0.311. The highest BCUT2D eigenvalue weighted by Gasteiger charge is 2.24. The Kier molecular flexibility index (Phi) is 6.75. The standard InChI is InChI=1S/C25H20F4O3/c1-30-9-8-19-13-32-23(14-31-19)17-6-5-16(21(26)11-17)4-2-15-3-7-20-18(10-15)12-22(27)25(29)24(20)28/h3,5-7,10-12,19,23H,8-9,13-14H2,1H3/t19-,23-/m1/s1. The third-order valence-corrected chi connectivity index (χ3v) is 5.29. The van der Waals surface area contributed by atoms with Crippen LogP contribution in [0.15, 0.2) is 42.5 Å². The number of ether oxygens (including phenoxy) is 3. The van der Waals surface area contributed by atoms with E-state index in [1.54, 1.807) is 19.2 Å². The van der Waals surface area contributed by atoms with Gasteiger partial charge < -0.3 is 14.2 Å². The lowest BCUT2D eigenvalue weighted by Gasteiger charge is -2.29. The third-order valence-electron chi connectivity index (χ3n) is 5.29. The molecule has 3 aromatic rings. The van der Waals surface area contributed by atoms with Crippen LogP contribution in [0.1, 0.15) is 29.2 Å². The number of benzene rings is 3. The number of hydrogen-bond acceptors (Lipinski definition) is 3. The van der Waals surface area contributed by atoms with Gasteiger partial charge in [-0.05, 0) is 47.7 Å². The monoisotopic (exact) mass is 444 g/mol. The molecule has 1 saturated heterocycles. The summed E-state index contributed by atoms with van der Waals surface area (Å²) in [6.07, 6.45) is 0.326. The van der Waals surface area contributed by atoms with Gasteiger partial charge in [0.05, 0.1) is 24.9 Å². The molecule has 0 bridgehead atoms. The van der Waals surface area contributed by atoms with Gasteiger partial charge in [0.25, 0.3) is 0 Å². The molecule has 7 heteroatoms. The second-order valence-electron chi connectivity index (χ2n) is 7.47. The van der Waals surface area contributed by atoms with Crippen molar-refractivity contribution in [2.75, 3.05) is 26.9 Å². The number of hydrogen-bond donors (Lipinski definition) is 0. The van der Waals surface area contributed by atoms with Crippen molar-refractivity contribution in [2.45, 2.75) is 18.6 Å². The van der Waals surface area contributed by atoms with Crippen molar-refractivity contribution in [3.05, 3.63) is 82.4 Å². The first kappa shape index (κ1) is 22.3. The van der Waals surface area contributed by atoms with Crippen LogP contribution in [0.2, 0.25) is 0 Å². The lowest BCUT2D eigenvalue weighted by atomic mass is 10.0. The second-order valence-corrected chi connectivity index (χ2v) is 7.47. The van der Waals surface area contributed by atoms with Gasteiger partial charge >= 0.3 is 0 Å². The van der Waals surface area contributed by atoms with E-state index in [1.807, 2.05) is 0 Å².